The first-order chi connectivity index (χ1) is 12.0. The molecule has 8 heteroatoms. The summed E-state index contributed by atoms with van der Waals surface area (Å²) < 4.78 is 15.7. The van der Waals surface area contributed by atoms with Crippen LogP contribution in [0.5, 0.6) is 17.2 Å². The molecule has 0 heterocycles. The molecule has 0 atom stereocenters. The van der Waals surface area contributed by atoms with E-state index in [1.165, 1.54) is 12.3 Å². The highest BCUT2D eigenvalue weighted by molar-refractivity contribution is 6.35. The van der Waals surface area contributed by atoms with E-state index in [9.17, 15) is 4.79 Å². The van der Waals surface area contributed by atoms with Crippen LogP contribution in [-0.4, -0.2) is 32.9 Å². The molecule has 1 N–H and O–H groups in total. The average molecular weight is 383 g/mol. The zero-order valence-corrected chi connectivity index (χ0v) is 15.1. The lowest BCUT2D eigenvalue weighted by Gasteiger charge is -2.08. The zero-order valence-electron chi connectivity index (χ0n) is 13.6. The van der Waals surface area contributed by atoms with Crippen LogP contribution in [0.1, 0.15) is 5.56 Å². The maximum absolute atomic E-state index is 11.7. The van der Waals surface area contributed by atoms with E-state index in [4.69, 9.17) is 37.4 Å². The minimum absolute atomic E-state index is 0.232. The number of carbonyl (C=O) groups excluding carboxylic acids is 1. The van der Waals surface area contributed by atoms with E-state index in [2.05, 4.69) is 10.5 Å². The topological polar surface area (TPSA) is 69.2 Å². The number of nitrogens with zero attached hydrogens (tertiary/aromatic N) is 1. The highest BCUT2D eigenvalue weighted by atomic mass is 35.5. The van der Waals surface area contributed by atoms with Crippen LogP contribution in [0, 0.1) is 0 Å². The van der Waals surface area contributed by atoms with Gasteiger partial charge in [0.25, 0.3) is 5.91 Å². The van der Waals surface area contributed by atoms with Crippen molar-refractivity contribution in [2.45, 2.75) is 0 Å². The summed E-state index contributed by atoms with van der Waals surface area (Å²) >= 11 is 11.7. The SMILES string of the molecule is COc1ccc(C=NNC(=O)COc2ccc(Cl)cc2Cl)cc1OC. The predicted molar refractivity (Wildman–Crippen MR) is 97.2 cm³/mol. The Bertz CT molecular complexity index is 781. The molecule has 0 fully saturated rings. The molecule has 2 aromatic carbocycles. The Morgan fingerprint density at radius 1 is 1.08 bits per heavy atom. The van der Waals surface area contributed by atoms with Crippen LogP contribution in [0.4, 0.5) is 0 Å². The fraction of sp³-hybridized carbons (Fsp3) is 0.176. The molecule has 0 aliphatic rings. The van der Waals surface area contributed by atoms with Gasteiger partial charge in [-0.15, -0.1) is 0 Å². The quantitative estimate of drug-likeness (QED) is 0.587. The molecule has 25 heavy (non-hydrogen) atoms. The van der Waals surface area contributed by atoms with Gasteiger partial charge >= 0.3 is 0 Å². The Morgan fingerprint density at radius 2 is 1.80 bits per heavy atom. The van der Waals surface area contributed by atoms with Crippen molar-refractivity contribution in [3.05, 3.63) is 52.0 Å². The third-order valence-corrected chi connectivity index (χ3v) is 3.59. The number of nitrogens with one attached hydrogen (secondary N) is 1. The lowest BCUT2D eigenvalue weighted by atomic mass is 10.2. The highest BCUT2D eigenvalue weighted by Crippen LogP contribution is 2.28. The molecule has 1 amide bonds. The van der Waals surface area contributed by atoms with E-state index >= 15 is 0 Å². The first kappa shape index (κ1) is 18.9. The molecular weight excluding hydrogens is 367 g/mol. The summed E-state index contributed by atoms with van der Waals surface area (Å²) in [5, 5.41) is 4.68. The van der Waals surface area contributed by atoms with Crippen LogP contribution in [0.2, 0.25) is 10.0 Å². The summed E-state index contributed by atoms with van der Waals surface area (Å²) in [6, 6.07) is 10.00. The van der Waals surface area contributed by atoms with Gasteiger partial charge in [-0.25, -0.2) is 5.43 Å². The Morgan fingerprint density at radius 3 is 2.48 bits per heavy atom. The third kappa shape index (κ3) is 5.55. The lowest BCUT2D eigenvalue weighted by molar-refractivity contribution is -0.123. The van der Waals surface area contributed by atoms with Crippen LogP contribution >= 0.6 is 23.2 Å². The first-order valence-corrected chi connectivity index (χ1v) is 7.91. The van der Waals surface area contributed by atoms with Crippen LogP contribution < -0.4 is 19.6 Å². The van der Waals surface area contributed by atoms with E-state index in [1.807, 2.05) is 0 Å². The number of benzene rings is 2. The number of ether oxygens (including phenoxy) is 3. The molecule has 2 rings (SSSR count). The van der Waals surface area contributed by atoms with Gasteiger partial charge < -0.3 is 14.2 Å². The molecule has 0 unspecified atom stereocenters. The second-order valence-corrected chi connectivity index (χ2v) is 5.61. The molecule has 0 aliphatic carbocycles. The summed E-state index contributed by atoms with van der Waals surface area (Å²) in [6.07, 6.45) is 1.48. The van der Waals surface area contributed by atoms with Crippen molar-refractivity contribution < 1.29 is 19.0 Å². The smallest absolute Gasteiger partial charge is 0.277 e. The van der Waals surface area contributed by atoms with Gasteiger partial charge in [0.05, 0.1) is 25.5 Å². The normalized spacial score (nSPS) is 10.6. The van der Waals surface area contributed by atoms with Gasteiger partial charge in [0, 0.05) is 5.02 Å². The lowest BCUT2D eigenvalue weighted by Crippen LogP contribution is -2.24. The van der Waals surface area contributed by atoms with Crippen LogP contribution in [0.25, 0.3) is 0 Å². The number of amides is 1. The minimum atomic E-state index is -0.428. The predicted octanol–water partition coefficient (Wildman–Crippen LogP) is 3.54. The average Bonchev–Trinajstić information content (AvgIpc) is 2.60. The van der Waals surface area contributed by atoms with Gasteiger partial charge in [-0.2, -0.15) is 5.10 Å². The van der Waals surface area contributed by atoms with Gasteiger partial charge in [-0.3, -0.25) is 4.79 Å². The monoisotopic (exact) mass is 382 g/mol. The van der Waals surface area contributed by atoms with E-state index in [0.717, 1.165) is 5.56 Å². The fourth-order valence-electron chi connectivity index (χ4n) is 1.88. The molecule has 0 aliphatic heterocycles. The molecule has 0 spiro atoms. The van der Waals surface area contributed by atoms with E-state index in [1.54, 1.807) is 44.6 Å². The number of carbonyl (C=O) groups is 1. The van der Waals surface area contributed by atoms with Crippen molar-refractivity contribution in [3.8, 4) is 17.2 Å². The Hall–Kier alpha value is -2.44. The summed E-state index contributed by atoms with van der Waals surface area (Å²) in [7, 11) is 3.10. The molecule has 6 nitrogen and oxygen atoms in total. The molecule has 0 saturated heterocycles. The third-order valence-electron chi connectivity index (χ3n) is 3.06. The van der Waals surface area contributed by atoms with Gasteiger partial charge in [0.1, 0.15) is 5.75 Å². The van der Waals surface area contributed by atoms with Gasteiger partial charge in [0.2, 0.25) is 0 Å². The Balaban J connectivity index is 1.88. The number of halogens is 2. The highest BCUT2D eigenvalue weighted by Gasteiger charge is 2.06. The van der Waals surface area contributed by atoms with E-state index < -0.39 is 5.91 Å². The standard InChI is InChI=1S/C17H16Cl2N2O4/c1-23-15-5-3-11(7-16(15)24-2)9-20-21-17(22)10-25-14-6-4-12(18)8-13(14)19/h3-9H,10H2,1-2H3,(H,21,22). The summed E-state index contributed by atoms with van der Waals surface area (Å²) in [6.45, 7) is -0.232. The number of hydrogen-bond donors (Lipinski definition) is 1. The molecule has 0 aromatic heterocycles. The van der Waals surface area contributed by atoms with Crippen LogP contribution in [0.15, 0.2) is 41.5 Å². The maximum atomic E-state index is 11.7. The number of hydrogen-bond acceptors (Lipinski definition) is 5. The van der Waals surface area contributed by atoms with Crippen molar-refractivity contribution in [3.63, 3.8) is 0 Å². The van der Waals surface area contributed by atoms with Crippen molar-refractivity contribution in [2.24, 2.45) is 5.10 Å². The molecule has 0 radical (unpaired) electrons. The van der Waals surface area contributed by atoms with Crippen molar-refractivity contribution in [2.75, 3.05) is 20.8 Å². The van der Waals surface area contributed by atoms with Crippen molar-refractivity contribution in [1.29, 1.82) is 0 Å². The van der Waals surface area contributed by atoms with E-state index in [0.29, 0.717) is 27.3 Å². The van der Waals surface area contributed by atoms with Gasteiger partial charge in [-0.1, -0.05) is 23.2 Å². The number of rotatable bonds is 7. The minimum Gasteiger partial charge on any atom is -0.493 e. The Labute approximate surface area is 155 Å². The summed E-state index contributed by atoms with van der Waals surface area (Å²) in [5.41, 5.74) is 3.10. The van der Waals surface area contributed by atoms with Crippen LogP contribution in [0.3, 0.4) is 0 Å². The number of methoxy groups -OCH3 is 2. The second kappa shape index (κ2) is 9.15. The first-order valence-electron chi connectivity index (χ1n) is 7.15. The molecular formula is C17H16Cl2N2O4. The van der Waals surface area contributed by atoms with Crippen molar-refractivity contribution in [1.82, 2.24) is 5.43 Å². The summed E-state index contributed by atoms with van der Waals surface area (Å²) in [5.74, 6) is 1.11. The zero-order chi connectivity index (χ0) is 18.2. The van der Waals surface area contributed by atoms with Gasteiger partial charge in [-0.05, 0) is 42.0 Å². The summed E-state index contributed by atoms with van der Waals surface area (Å²) in [4.78, 5) is 11.7. The molecule has 0 saturated carbocycles. The number of hydrazone groups is 1. The molecule has 0 bridgehead atoms. The molecule has 2 aromatic rings. The maximum Gasteiger partial charge on any atom is 0.277 e. The fourth-order valence-corrected chi connectivity index (χ4v) is 2.34. The van der Waals surface area contributed by atoms with E-state index in [-0.39, 0.29) is 6.61 Å². The van der Waals surface area contributed by atoms with Gasteiger partial charge in [0.15, 0.2) is 18.1 Å². The van der Waals surface area contributed by atoms with Crippen molar-refractivity contribution >= 4 is 35.3 Å². The Kier molecular flexibility index (Phi) is 6.91. The molecule has 132 valence electrons. The van der Waals surface area contributed by atoms with Crippen LogP contribution in [-0.2, 0) is 4.79 Å². The second-order valence-electron chi connectivity index (χ2n) is 4.77. The largest absolute Gasteiger partial charge is 0.493 e.